The third-order valence-corrected chi connectivity index (χ3v) is 7.91. The summed E-state index contributed by atoms with van der Waals surface area (Å²) in [6, 6.07) is 11.6. The minimum atomic E-state index is -3.82. The lowest BCUT2D eigenvalue weighted by Crippen LogP contribution is -2.43. The van der Waals surface area contributed by atoms with Crippen LogP contribution in [0.25, 0.3) is 0 Å². The molecule has 2 amide bonds. The van der Waals surface area contributed by atoms with Crippen molar-refractivity contribution in [3.05, 3.63) is 54.3 Å². The highest BCUT2D eigenvalue weighted by Gasteiger charge is 2.33. The minimum absolute atomic E-state index is 0.00102. The molecule has 1 saturated heterocycles. The van der Waals surface area contributed by atoms with Gasteiger partial charge in [0.1, 0.15) is 5.82 Å². The number of sulfonamides is 1. The molecule has 0 bridgehead atoms. The maximum absolute atomic E-state index is 13.2. The van der Waals surface area contributed by atoms with Gasteiger partial charge in [-0.25, -0.2) is 12.8 Å². The molecular formula is C21H24FN3O4S2. The van der Waals surface area contributed by atoms with Gasteiger partial charge in [-0.15, -0.1) is 0 Å². The van der Waals surface area contributed by atoms with E-state index in [0.29, 0.717) is 30.0 Å². The number of nitrogens with zero attached hydrogens (tertiary/aromatic N) is 2. The van der Waals surface area contributed by atoms with Gasteiger partial charge in [0.05, 0.1) is 16.5 Å². The Labute approximate surface area is 185 Å². The van der Waals surface area contributed by atoms with Crippen LogP contribution in [0.3, 0.4) is 0 Å². The Bertz CT molecular complexity index is 1060. The fourth-order valence-corrected chi connectivity index (χ4v) is 5.48. The number of amides is 2. The van der Waals surface area contributed by atoms with Crippen molar-refractivity contribution in [3.63, 3.8) is 0 Å². The molecule has 0 spiro atoms. The fourth-order valence-electron chi connectivity index (χ4n) is 3.21. The molecule has 0 saturated carbocycles. The second kappa shape index (κ2) is 9.80. The summed E-state index contributed by atoms with van der Waals surface area (Å²) in [6.07, 6.45) is 1.08. The lowest BCUT2D eigenvalue weighted by molar-refractivity contribution is -0.120. The number of carbonyl (C=O) groups is 2. The number of piperidine rings is 1. The van der Waals surface area contributed by atoms with Crippen LogP contribution in [-0.2, 0) is 14.8 Å². The standard InChI is InChI=1S/C21H24FN3O4S2/c1-24(2)21(27)30-19-8-4-3-7-18(19)23-20(26)15-6-5-13-25(14-15)31(28,29)17-11-9-16(22)10-12-17/h3-4,7-12,15H,5-6,13-14H2,1-2H3,(H,23,26). The van der Waals surface area contributed by atoms with Gasteiger partial charge in [-0.3, -0.25) is 9.59 Å². The summed E-state index contributed by atoms with van der Waals surface area (Å²) in [5.41, 5.74) is 0.506. The molecule has 1 fully saturated rings. The van der Waals surface area contributed by atoms with E-state index >= 15 is 0 Å². The first-order valence-corrected chi connectivity index (χ1v) is 12.0. The Morgan fingerprint density at radius 1 is 1.13 bits per heavy atom. The van der Waals surface area contributed by atoms with Crippen LogP contribution < -0.4 is 5.32 Å². The van der Waals surface area contributed by atoms with Crippen molar-refractivity contribution in [2.45, 2.75) is 22.6 Å². The largest absolute Gasteiger partial charge is 0.339 e. The third kappa shape index (κ3) is 5.63. The van der Waals surface area contributed by atoms with Gasteiger partial charge in [0.2, 0.25) is 15.9 Å². The van der Waals surface area contributed by atoms with Gasteiger partial charge in [-0.2, -0.15) is 4.31 Å². The molecule has 31 heavy (non-hydrogen) atoms. The Morgan fingerprint density at radius 2 is 1.81 bits per heavy atom. The topological polar surface area (TPSA) is 86.8 Å². The number of halogens is 1. The van der Waals surface area contributed by atoms with Crippen molar-refractivity contribution in [2.24, 2.45) is 5.92 Å². The predicted octanol–water partition coefficient (Wildman–Crippen LogP) is 3.64. The SMILES string of the molecule is CN(C)C(=O)Sc1ccccc1NC(=O)C1CCCN(S(=O)(=O)c2ccc(F)cc2)C1. The molecule has 1 aliphatic rings. The summed E-state index contributed by atoms with van der Waals surface area (Å²) in [5, 5.41) is 2.67. The van der Waals surface area contributed by atoms with Crippen LogP contribution in [0.5, 0.6) is 0 Å². The number of thioether (sulfide) groups is 1. The summed E-state index contributed by atoms with van der Waals surface area (Å²) < 4.78 is 40.2. The Balaban J connectivity index is 1.72. The summed E-state index contributed by atoms with van der Waals surface area (Å²) in [7, 11) is -0.524. The molecule has 0 aliphatic carbocycles. The van der Waals surface area contributed by atoms with Crippen LogP contribution in [-0.4, -0.2) is 56.0 Å². The van der Waals surface area contributed by atoms with E-state index in [9.17, 15) is 22.4 Å². The summed E-state index contributed by atoms with van der Waals surface area (Å²) in [4.78, 5) is 27.0. The normalized spacial score (nSPS) is 17.2. The Morgan fingerprint density at radius 3 is 2.48 bits per heavy atom. The average molecular weight is 466 g/mol. The van der Waals surface area contributed by atoms with Gasteiger partial charge in [0.15, 0.2) is 0 Å². The Kier molecular flexibility index (Phi) is 7.34. The molecule has 10 heteroatoms. The van der Waals surface area contributed by atoms with Gasteiger partial charge < -0.3 is 10.2 Å². The van der Waals surface area contributed by atoms with E-state index in [1.165, 1.54) is 21.3 Å². The van der Waals surface area contributed by atoms with E-state index in [-0.39, 0.29) is 22.6 Å². The van der Waals surface area contributed by atoms with E-state index in [1.54, 1.807) is 38.4 Å². The molecule has 2 aromatic carbocycles. The zero-order valence-corrected chi connectivity index (χ0v) is 18.9. The predicted molar refractivity (Wildman–Crippen MR) is 118 cm³/mol. The number of benzene rings is 2. The summed E-state index contributed by atoms with van der Waals surface area (Å²) in [6.45, 7) is 0.338. The molecule has 1 atom stereocenters. The van der Waals surface area contributed by atoms with Gasteiger partial charge in [0.25, 0.3) is 5.24 Å². The molecule has 0 radical (unpaired) electrons. The lowest BCUT2D eigenvalue weighted by Gasteiger charge is -2.31. The van der Waals surface area contributed by atoms with E-state index in [4.69, 9.17) is 0 Å². The lowest BCUT2D eigenvalue weighted by atomic mass is 9.99. The zero-order chi connectivity index (χ0) is 22.6. The quantitative estimate of drug-likeness (QED) is 0.682. The van der Waals surface area contributed by atoms with E-state index < -0.39 is 21.8 Å². The van der Waals surface area contributed by atoms with E-state index in [2.05, 4.69) is 5.32 Å². The highest BCUT2D eigenvalue weighted by Crippen LogP contribution is 2.30. The first-order chi connectivity index (χ1) is 14.7. The fraction of sp³-hybridized carbons (Fsp3) is 0.333. The van der Waals surface area contributed by atoms with Crippen molar-refractivity contribution < 1.29 is 22.4 Å². The molecule has 3 rings (SSSR count). The average Bonchev–Trinajstić information content (AvgIpc) is 2.75. The number of nitrogens with one attached hydrogen (secondary N) is 1. The van der Waals surface area contributed by atoms with Crippen LogP contribution in [0.15, 0.2) is 58.3 Å². The smallest absolute Gasteiger partial charge is 0.286 e. The van der Waals surface area contributed by atoms with Gasteiger partial charge in [-0.1, -0.05) is 12.1 Å². The van der Waals surface area contributed by atoms with E-state index in [1.807, 2.05) is 0 Å². The van der Waals surface area contributed by atoms with Crippen molar-refractivity contribution in [2.75, 3.05) is 32.5 Å². The Hall–Kier alpha value is -2.43. The maximum Gasteiger partial charge on any atom is 0.286 e. The summed E-state index contributed by atoms with van der Waals surface area (Å²) >= 11 is 1.01. The minimum Gasteiger partial charge on any atom is -0.339 e. The van der Waals surface area contributed by atoms with Crippen molar-refractivity contribution in [3.8, 4) is 0 Å². The number of para-hydroxylation sites is 1. The van der Waals surface area contributed by atoms with Crippen LogP contribution in [0, 0.1) is 11.7 Å². The monoisotopic (exact) mass is 465 g/mol. The van der Waals surface area contributed by atoms with Crippen LogP contribution in [0.2, 0.25) is 0 Å². The van der Waals surface area contributed by atoms with Crippen LogP contribution >= 0.6 is 11.8 Å². The molecule has 166 valence electrons. The molecule has 1 N–H and O–H groups in total. The molecule has 1 heterocycles. The van der Waals surface area contributed by atoms with Crippen LogP contribution in [0.1, 0.15) is 12.8 Å². The van der Waals surface area contributed by atoms with Crippen LogP contribution in [0.4, 0.5) is 14.9 Å². The molecule has 7 nitrogen and oxygen atoms in total. The first-order valence-electron chi connectivity index (χ1n) is 9.73. The summed E-state index contributed by atoms with van der Waals surface area (Å²) in [5.74, 6) is -1.35. The molecule has 2 aromatic rings. The van der Waals surface area contributed by atoms with Gasteiger partial charge in [-0.05, 0) is 61.0 Å². The molecule has 1 unspecified atom stereocenters. The first kappa shape index (κ1) is 23.2. The highest BCUT2D eigenvalue weighted by molar-refractivity contribution is 8.13. The maximum atomic E-state index is 13.2. The second-order valence-electron chi connectivity index (χ2n) is 7.40. The van der Waals surface area contributed by atoms with Crippen molar-refractivity contribution in [1.82, 2.24) is 9.21 Å². The van der Waals surface area contributed by atoms with E-state index in [0.717, 1.165) is 23.9 Å². The van der Waals surface area contributed by atoms with Gasteiger partial charge in [0, 0.05) is 32.1 Å². The number of anilines is 1. The third-order valence-electron chi connectivity index (χ3n) is 4.91. The van der Waals surface area contributed by atoms with Crippen molar-refractivity contribution >= 4 is 38.6 Å². The number of hydrogen-bond acceptors (Lipinski definition) is 5. The molecule has 0 aromatic heterocycles. The number of carbonyl (C=O) groups excluding carboxylic acids is 2. The molecular weight excluding hydrogens is 441 g/mol. The molecule has 1 aliphatic heterocycles. The number of rotatable bonds is 5. The second-order valence-corrected chi connectivity index (χ2v) is 10.3. The number of hydrogen-bond donors (Lipinski definition) is 1. The van der Waals surface area contributed by atoms with Gasteiger partial charge >= 0.3 is 0 Å². The highest BCUT2D eigenvalue weighted by atomic mass is 32.2. The zero-order valence-electron chi connectivity index (χ0n) is 17.2. The van der Waals surface area contributed by atoms with Crippen molar-refractivity contribution in [1.29, 1.82) is 0 Å².